The fourth-order valence-electron chi connectivity index (χ4n) is 3.07. The molecule has 30 heavy (non-hydrogen) atoms. The predicted octanol–water partition coefficient (Wildman–Crippen LogP) is 3.67. The topological polar surface area (TPSA) is 95.8 Å². The second kappa shape index (κ2) is 9.60. The van der Waals surface area contributed by atoms with E-state index in [1.807, 2.05) is 61.5 Å². The van der Waals surface area contributed by atoms with Crippen molar-refractivity contribution in [3.05, 3.63) is 77.4 Å². The fourth-order valence-corrected chi connectivity index (χ4v) is 4.00. The lowest BCUT2D eigenvalue weighted by Gasteiger charge is -2.10. The highest BCUT2D eigenvalue weighted by atomic mass is 32.2. The molecule has 0 spiro atoms. The summed E-state index contributed by atoms with van der Waals surface area (Å²) in [6, 6.07) is 17.4. The molecule has 154 valence electrons. The molecule has 0 aliphatic carbocycles. The van der Waals surface area contributed by atoms with Crippen LogP contribution in [-0.2, 0) is 12.3 Å². The maximum atomic E-state index is 12.6. The molecule has 7 nitrogen and oxygen atoms in total. The van der Waals surface area contributed by atoms with Gasteiger partial charge in [0.25, 0.3) is 5.91 Å². The number of hydrogen-bond donors (Lipinski definition) is 3. The van der Waals surface area contributed by atoms with Gasteiger partial charge in [0.1, 0.15) is 11.6 Å². The van der Waals surface area contributed by atoms with E-state index in [4.69, 9.17) is 4.52 Å². The van der Waals surface area contributed by atoms with E-state index in [2.05, 4.69) is 25.8 Å². The van der Waals surface area contributed by atoms with Crippen molar-refractivity contribution < 1.29 is 9.32 Å². The second-order valence-electron chi connectivity index (χ2n) is 6.85. The zero-order valence-corrected chi connectivity index (χ0v) is 17.5. The van der Waals surface area contributed by atoms with Crippen molar-refractivity contribution in [1.29, 1.82) is 0 Å². The number of thioether (sulfide) groups is 1. The van der Waals surface area contributed by atoms with Crippen molar-refractivity contribution in [2.45, 2.75) is 24.1 Å². The average molecular weight is 422 g/mol. The number of amides is 1. The van der Waals surface area contributed by atoms with Crippen molar-refractivity contribution in [2.75, 3.05) is 13.1 Å². The van der Waals surface area contributed by atoms with Crippen LogP contribution < -0.4 is 10.6 Å². The molecule has 0 aliphatic rings. The highest BCUT2D eigenvalue weighted by molar-refractivity contribution is 7.98. The Morgan fingerprint density at radius 1 is 1.13 bits per heavy atom. The minimum absolute atomic E-state index is 0.0834. The van der Waals surface area contributed by atoms with Crippen LogP contribution in [0.1, 0.15) is 27.6 Å². The number of H-pyrrole nitrogens is 1. The number of nitrogens with one attached hydrogen (secondary N) is 3. The standard InChI is InChI=1S/C22H23N5O2S/c1-15-12-16(27-29-15)14-30-20-9-5-2-6-17(20)22(28)24-11-10-23-13-21-25-18-7-3-4-8-19(18)26-21/h2-9,12,23H,10-11,13-14H2,1H3,(H,24,28)(H,25,26). The van der Waals surface area contributed by atoms with Gasteiger partial charge in [-0.25, -0.2) is 4.98 Å². The molecule has 8 heteroatoms. The molecule has 0 atom stereocenters. The minimum Gasteiger partial charge on any atom is -0.361 e. The summed E-state index contributed by atoms with van der Waals surface area (Å²) in [5.74, 6) is 2.24. The number of benzene rings is 2. The van der Waals surface area contributed by atoms with Gasteiger partial charge in [-0.05, 0) is 31.2 Å². The quantitative estimate of drug-likeness (QED) is 0.282. The fraction of sp³-hybridized carbons (Fsp3) is 0.227. The van der Waals surface area contributed by atoms with E-state index in [1.54, 1.807) is 11.8 Å². The van der Waals surface area contributed by atoms with Crippen molar-refractivity contribution >= 4 is 28.7 Å². The number of hydrogen-bond acceptors (Lipinski definition) is 6. The maximum Gasteiger partial charge on any atom is 0.252 e. The minimum atomic E-state index is -0.0834. The summed E-state index contributed by atoms with van der Waals surface area (Å²) in [6.45, 7) is 3.66. The zero-order chi connectivity index (χ0) is 20.8. The molecule has 2 aromatic heterocycles. The number of aromatic nitrogens is 3. The van der Waals surface area contributed by atoms with Gasteiger partial charge in [-0.3, -0.25) is 4.79 Å². The summed E-state index contributed by atoms with van der Waals surface area (Å²) in [4.78, 5) is 21.4. The summed E-state index contributed by atoms with van der Waals surface area (Å²) in [5, 5.41) is 10.3. The first-order valence-corrected chi connectivity index (χ1v) is 10.7. The molecule has 4 aromatic rings. The van der Waals surface area contributed by atoms with Crippen LogP contribution in [0, 0.1) is 6.92 Å². The molecule has 4 rings (SSSR count). The van der Waals surface area contributed by atoms with Gasteiger partial charge in [-0.2, -0.15) is 0 Å². The lowest BCUT2D eigenvalue weighted by atomic mass is 10.2. The van der Waals surface area contributed by atoms with E-state index < -0.39 is 0 Å². The largest absolute Gasteiger partial charge is 0.361 e. The van der Waals surface area contributed by atoms with Crippen LogP contribution in [0.25, 0.3) is 11.0 Å². The molecular weight excluding hydrogens is 398 g/mol. The van der Waals surface area contributed by atoms with E-state index >= 15 is 0 Å². The van der Waals surface area contributed by atoms with Gasteiger partial charge in [-0.15, -0.1) is 11.8 Å². The Hall–Kier alpha value is -3.10. The van der Waals surface area contributed by atoms with Crippen molar-refractivity contribution in [2.24, 2.45) is 0 Å². The lowest BCUT2D eigenvalue weighted by Crippen LogP contribution is -2.32. The Labute approximate surface area is 178 Å². The lowest BCUT2D eigenvalue weighted by molar-refractivity contribution is 0.0951. The number of aromatic amines is 1. The summed E-state index contributed by atoms with van der Waals surface area (Å²) < 4.78 is 5.10. The molecule has 3 N–H and O–H groups in total. The van der Waals surface area contributed by atoms with Crippen LogP contribution in [0.2, 0.25) is 0 Å². The average Bonchev–Trinajstić information content (AvgIpc) is 3.37. The van der Waals surface area contributed by atoms with Gasteiger partial charge in [-0.1, -0.05) is 29.4 Å². The van der Waals surface area contributed by atoms with Crippen molar-refractivity contribution in [3.63, 3.8) is 0 Å². The zero-order valence-electron chi connectivity index (χ0n) is 16.6. The normalized spacial score (nSPS) is 11.1. The molecule has 0 bridgehead atoms. The number of nitrogens with zero attached hydrogens (tertiary/aromatic N) is 2. The number of rotatable bonds is 9. The van der Waals surface area contributed by atoms with Gasteiger partial charge in [0.2, 0.25) is 0 Å². The number of fused-ring (bicyclic) bond motifs is 1. The van der Waals surface area contributed by atoms with E-state index in [1.165, 1.54) is 0 Å². The SMILES string of the molecule is Cc1cc(CSc2ccccc2C(=O)NCCNCc2nc3ccccc3[nH]2)no1. The molecule has 0 saturated carbocycles. The predicted molar refractivity (Wildman–Crippen MR) is 117 cm³/mol. The first-order chi connectivity index (χ1) is 14.7. The molecule has 0 saturated heterocycles. The monoisotopic (exact) mass is 421 g/mol. The molecular formula is C22H23N5O2S. The summed E-state index contributed by atoms with van der Waals surface area (Å²) in [7, 11) is 0. The molecule has 0 unspecified atom stereocenters. The highest BCUT2D eigenvalue weighted by Crippen LogP contribution is 2.26. The van der Waals surface area contributed by atoms with Crippen LogP contribution in [0.4, 0.5) is 0 Å². The van der Waals surface area contributed by atoms with Gasteiger partial charge < -0.3 is 20.1 Å². The second-order valence-corrected chi connectivity index (χ2v) is 7.86. The molecule has 0 fully saturated rings. The van der Waals surface area contributed by atoms with E-state index in [9.17, 15) is 4.79 Å². The molecule has 0 radical (unpaired) electrons. The first-order valence-electron chi connectivity index (χ1n) is 9.75. The number of para-hydroxylation sites is 2. The van der Waals surface area contributed by atoms with Crippen LogP contribution in [0.15, 0.2) is 64.0 Å². The Morgan fingerprint density at radius 3 is 2.80 bits per heavy atom. The van der Waals surface area contributed by atoms with E-state index in [-0.39, 0.29) is 5.91 Å². The Kier molecular flexibility index (Phi) is 6.46. The third kappa shape index (κ3) is 5.08. The Bertz CT molecular complexity index is 1100. The van der Waals surface area contributed by atoms with Crippen LogP contribution >= 0.6 is 11.8 Å². The maximum absolute atomic E-state index is 12.6. The molecule has 1 amide bonds. The van der Waals surface area contributed by atoms with Crippen molar-refractivity contribution in [1.82, 2.24) is 25.8 Å². The third-order valence-electron chi connectivity index (χ3n) is 4.50. The van der Waals surface area contributed by atoms with Gasteiger partial charge in [0, 0.05) is 29.8 Å². The first kappa shape index (κ1) is 20.2. The molecule has 0 aliphatic heterocycles. The number of imidazole rings is 1. The van der Waals surface area contributed by atoms with Gasteiger partial charge >= 0.3 is 0 Å². The Balaban J connectivity index is 1.24. The number of carbonyl (C=O) groups excluding carboxylic acids is 1. The van der Waals surface area contributed by atoms with Gasteiger partial charge in [0.15, 0.2) is 0 Å². The molecule has 2 aromatic carbocycles. The summed E-state index contributed by atoms with van der Waals surface area (Å²) in [5.41, 5.74) is 3.51. The summed E-state index contributed by atoms with van der Waals surface area (Å²) in [6.07, 6.45) is 0. The Morgan fingerprint density at radius 2 is 1.97 bits per heavy atom. The third-order valence-corrected chi connectivity index (χ3v) is 5.61. The van der Waals surface area contributed by atoms with E-state index in [0.717, 1.165) is 33.2 Å². The summed E-state index contributed by atoms with van der Waals surface area (Å²) >= 11 is 1.57. The van der Waals surface area contributed by atoms with Crippen LogP contribution in [-0.4, -0.2) is 34.1 Å². The number of carbonyl (C=O) groups is 1. The van der Waals surface area contributed by atoms with Crippen molar-refractivity contribution in [3.8, 4) is 0 Å². The van der Waals surface area contributed by atoms with Crippen LogP contribution in [0.5, 0.6) is 0 Å². The van der Waals surface area contributed by atoms with Gasteiger partial charge in [0.05, 0.1) is 28.8 Å². The van der Waals surface area contributed by atoms with Crippen LogP contribution in [0.3, 0.4) is 0 Å². The highest BCUT2D eigenvalue weighted by Gasteiger charge is 2.12. The number of aryl methyl sites for hydroxylation is 1. The van der Waals surface area contributed by atoms with E-state index in [0.29, 0.717) is 31.0 Å². The smallest absolute Gasteiger partial charge is 0.252 e. The molecule has 2 heterocycles.